The summed E-state index contributed by atoms with van der Waals surface area (Å²) in [6, 6.07) is 9.62. The van der Waals surface area contributed by atoms with Crippen molar-refractivity contribution < 1.29 is 23.5 Å². The average molecular weight is 565 g/mol. The number of halogens is 1. The fourth-order valence-electron chi connectivity index (χ4n) is 6.45. The molecule has 9 heteroatoms. The molecule has 2 aliphatic heterocycles. The largest absolute Gasteiger partial charge is 0.378 e. The van der Waals surface area contributed by atoms with Gasteiger partial charge in [0.2, 0.25) is 17.7 Å². The normalized spacial score (nSPS) is 22.9. The lowest BCUT2D eigenvalue weighted by Gasteiger charge is -2.46. The zero-order chi connectivity index (χ0) is 29.3. The van der Waals surface area contributed by atoms with Gasteiger partial charge in [0.05, 0.1) is 13.2 Å². The van der Waals surface area contributed by atoms with Crippen molar-refractivity contribution in [1.29, 1.82) is 0 Å². The molecule has 0 bridgehead atoms. The molecule has 8 nitrogen and oxygen atoms in total. The molecular formula is C32H41FN4O4. The van der Waals surface area contributed by atoms with Crippen LogP contribution in [0.2, 0.25) is 0 Å². The molecule has 0 saturated carbocycles. The highest BCUT2D eigenvalue weighted by Gasteiger charge is 2.51. The van der Waals surface area contributed by atoms with E-state index in [0.29, 0.717) is 51.3 Å². The van der Waals surface area contributed by atoms with Crippen molar-refractivity contribution in [2.45, 2.75) is 71.1 Å². The van der Waals surface area contributed by atoms with Crippen LogP contribution in [0, 0.1) is 17.7 Å². The van der Waals surface area contributed by atoms with E-state index in [1.165, 1.54) is 11.0 Å². The molecule has 2 aromatic rings. The first-order chi connectivity index (χ1) is 19.7. The SMILES string of the molecule is CC[C@@H](C)[C@@H]1C(=O)N[C@H](C2Cc3ccccc3C2)C(=O)N1C(C(=O)NC(C)C)c1ccc(N2CCOCC2)cc1F. The van der Waals surface area contributed by atoms with Gasteiger partial charge >= 0.3 is 0 Å². The van der Waals surface area contributed by atoms with E-state index >= 15 is 4.39 Å². The van der Waals surface area contributed by atoms with Gasteiger partial charge < -0.3 is 25.2 Å². The molecule has 1 unspecified atom stereocenters. The Labute approximate surface area is 241 Å². The van der Waals surface area contributed by atoms with E-state index in [9.17, 15) is 14.4 Å². The van der Waals surface area contributed by atoms with Crippen LogP contribution in [0.5, 0.6) is 0 Å². The summed E-state index contributed by atoms with van der Waals surface area (Å²) >= 11 is 0. The lowest BCUT2D eigenvalue weighted by molar-refractivity contribution is -0.159. The van der Waals surface area contributed by atoms with E-state index in [1.54, 1.807) is 12.1 Å². The third-order valence-electron chi connectivity index (χ3n) is 8.74. The molecule has 2 heterocycles. The summed E-state index contributed by atoms with van der Waals surface area (Å²) < 4.78 is 21.5. The number of nitrogens with one attached hydrogen (secondary N) is 2. The minimum atomic E-state index is -1.29. The molecule has 41 heavy (non-hydrogen) atoms. The highest BCUT2D eigenvalue weighted by Crippen LogP contribution is 2.37. The topological polar surface area (TPSA) is 91.0 Å². The lowest BCUT2D eigenvalue weighted by Crippen LogP contribution is -2.68. The number of hydrogen-bond acceptors (Lipinski definition) is 5. The second kappa shape index (κ2) is 12.2. The van der Waals surface area contributed by atoms with Crippen molar-refractivity contribution in [2.75, 3.05) is 31.2 Å². The molecule has 0 radical (unpaired) electrons. The Morgan fingerprint density at radius 2 is 1.73 bits per heavy atom. The van der Waals surface area contributed by atoms with Crippen molar-refractivity contribution in [3.63, 3.8) is 0 Å². The van der Waals surface area contributed by atoms with Gasteiger partial charge in [0, 0.05) is 30.4 Å². The van der Waals surface area contributed by atoms with Crippen molar-refractivity contribution in [2.24, 2.45) is 11.8 Å². The summed E-state index contributed by atoms with van der Waals surface area (Å²) in [5.74, 6) is -2.11. The number of morpholine rings is 1. The zero-order valence-corrected chi connectivity index (χ0v) is 24.4. The van der Waals surface area contributed by atoms with Gasteiger partial charge in [-0.25, -0.2) is 4.39 Å². The van der Waals surface area contributed by atoms with E-state index < -0.39 is 29.8 Å². The average Bonchev–Trinajstić information content (AvgIpc) is 3.39. The number of rotatable bonds is 8. The third-order valence-corrected chi connectivity index (χ3v) is 8.74. The number of benzene rings is 2. The summed E-state index contributed by atoms with van der Waals surface area (Å²) in [6.07, 6.45) is 1.92. The Morgan fingerprint density at radius 3 is 2.32 bits per heavy atom. The maximum atomic E-state index is 16.0. The van der Waals surface area contributed by atoms with Crippen LogP contribution in [0.4, 0.5) is 10.1 Å². The van der Waals surface area contributed by atoms with Gasteiger partial charge in [0.1, 0.15) is 23.9 Å². The molecule has 5 rings (SSSR count). The van der Waals surface area contributed by atoms with Crippen molar-refractivity contribution in [3.8, 4) is 0 Å². The summed E-state index contributed by atoms with van der Waals surface area (Å²) in [5.41, 5.74) is 3.10. The first-order valence-electron chi connectivity index (χ1n) is 14.8. The quantitative estimate of drug-likeness (QED) is 0.513. The number of nitrogens with zero attached hydrogens (tertiary/aromatic N) is 2. The number of carbonyl (C=O) groups excluding carboxylic acids is 3. The number of ether oxygens (including phenoxy) is 1. The summed E-state index contributed by atoms with van der Waals surface area (Å²) in [7, 11) is 0. The number of piperazine rings is 1. The molecule has 0 spiro atoms. The molecule has 2 fully saturated rings. The lowest BCUT2D eigenvalue weighted by atomic mass is 9.85. The van der Waals surface area contributed by atoms with Crippen LogP contribution in [0.3, 0.4) is 0 Å². The smallest absolute Gasteiger partial charge is 0.247 e. The van der Waals surface area contributed by atoms with Crippen LogP contribution >= 0.6 is 0 Å². The van der Waals surface area contributed by atoms with Crippen LogP contribution in [0.25, 0.3) is 0 Å². The van der Waals surface area contributed by atoms with Gasteiger partial charge in [0.15, 0.2) is 0 Å². The van der Waals surface area contributed by atoms with E-state index in [-0.39, 0.29) is 35.3 Å². The van der Waals surface area contributed by atoms with E-state index in [4.69, 9.17) is 4.74 Å². The monoisotopic (exact) mass is 564 g/mol. The van der Waals surface area contributed by atoms with Gasteiger partial charge in [-0.1, -0.05) is 50.6 Å². The van der Waals surface area contributed by atoms with Crippen LogP contribution in [0.15, 0.2) is 42.5 Å². The Hall–Kier alpha value is -3.46. The number of carbonyl (C=O) groups is 3. The summed E-state index contributed by atoms with van der Waals surface area (Å²) in [5, 5.41) is 5.91. The predicted octanol–water partition coefficient (Wildman–Crippen LogP) is 3.38. The summed E-state index contributed by atoms with van der Waals surface area (Å²) in [4.78, 5) is 45.5. The minimum absolute atomic E-state index is 0.0879. The molecule has 220 valence electrons. The van der Waals surface area contributed by atoms with Crippen molar-refractivity contribution >= 4 is 23.4 Å². The molecule has 4 atom stereocenters. The van der Waals surface area contributed by atoms with Gasteiger partial charge in [-0.3, -0.25) is 14.4 Å². The van der Waals surface area contributed by atoms with Gasteiger partial charge in [-0.15, -0.1) is 0 Å². The Morgan fingerprint density at radius 1 is 1.07 bits per heavy atom. The Balaban J connectivity index is 1.55. The third kappa shape index (κ3) is 5.82. The molecule has 3 amide bonds. The number of amides is 3. The van der Waals surface area contributed by atoms with E-state index in [0.717, 1.165) is 11.1 Å². The second-order valence-electron chi connectivity index (χ2n) is 11.9. The van der Waals surface area contributed by atoms with Crippen molar-refractivity contribution in [1.82, 2.24) is 15.5 Å². The maximum Gasteiger partial charge on any atom is 0.247 e. The fourth-order valence-corrected chi connectivity index (χ4v) is 6.45. The number of anilines is 1. The predicted molar refractivity (Wildman–Crippen MR) is 155 cm³/mol. The number of hydrogen-bond donors (Lipinski definition) is 2. The van der Waals surface area contributed by atoms with Crippen LogP contribution in [-0.4, -0.2) is 67.1 Å². The summed E-state index contributed by atoms with van der Waals surface area (Å²) in [6.45, 7) is 9.88. The van der Waals surface area contributed by atoms with Gasteiger partial charge in [0.25, 0.3) is 0 Å². The first kappa shape index (κ1) is 29.0. The van der Waals surface area contributed by atoms with E-state index in [1.807, 2.05) is 44.7 Å². The highest BCUT2D eigenvalue weighted by molar-refractivity contribution is 6.00. The molecule has 2 saturated heterocycles. The highest BCUT2D eigenvalue weighted by atomic mass is 19.1. The molecule has 1 aliphatic carbocycles. The second-order valence-corrected chi connectivity index (χ2v) is 11.9. The van der Waals surface area contributed by atoms with Crippen LogP contribution in [0.1, 0.15) is 56.8 Å². The standard InChI is InChI=1S/C32H41FN4O4/c1-5-20(4)28-30(38)35-27(23-16-21-8-6-7-9-22(21)17-23)32(40)37(28)29(31(39)34-19(2)3)25-11-10-24(18-26(25)33)36-12-14-41-15-13-36/h6-11,18-20,23,27-29H,5,12-17H2,1-4H3,(H,34,39)(H,35,38)/t20-,27-,28-,29?/m1/s1. The van der Waals surface area contributed by atoms with Gasteiger partial charge in [-0.2, -0.15) is 0 Å². The number of fused-ring (bicyclic) bond motifs is 1. The van der Waals surface area contributed by atoms with E-state index in [2.05, 4.69) is 22.8 Å². The molecular weight excluding hydrogens is 523 g/mol. The molecule has 2 aromatic carbocycles. The Bertz CT molecular complexity index is 1270. The fraction of sp³-hybridized carbons (Fsp3) is 0.531. The zero-order valence-electron chi connectivity index (χ0n) is 24.4. The molecule has 0 aromatic heterocycles. The van der Waals surface area contributed by atoms with Crippen LogP contribution < -0.4 is 15.5 Å². The first-order valence-corrected chi connectivity index (χ1v) is 14.8. The minimum Gasteiger partial charge on any atom is -0.378 e. The van der Waals surface area contributed by atoms with Crippen molar-refractivity contribution in [3.05, 3.63) is 65.0 Å². The van der Waals surface area contributed by atoms with Gasteiger partial charge in [-0.05, 0) is 61.8 Å². The Kier molecular flexibility index (Phi) is 8.63. The van der Waals surface area contributed by atoms with Crippen LogP contribution in [-0.2, 0) is 32.0 Å². The molecule has 3 aliphatic rings. The molecule has 2 N–H and O–H groups in total. The maximum absolute atomic E-state index is 16.0.